The van der Waals surface area contributed by atoms with Crippen LogP contribution in [-0.4, -0.2) is 6.36 Å². The van der Waals surface area contributed by atoms with Gasteiger partial charge in [0.15, 0.2) is 0 Å². The molecular formula is C17H23F3O. The molecule has 0 saturated carbocycles. The zero-order chi connectivity index (χ0) is 16.0. The summed E-state index contributed by atoms with van der Waals surface area (Å²) in [4.78, 5) is 0. The number of hydrogen-bond acceptors (Lipinski definition) is 1. The lowest BCUT2D eigenvalue weighted by Gasteiger charge is -2.17. The van der Waals surface area contributed by atoms with Gasteiger partial charge in [0.1, 0.15) is 5.75 Å². The Hall–Kier alpha value is -1.45. The molecule has 0 aliphatic rings. The van der Waals surface area contributed by atoms with Crippen LogP contribution >= 0.6 is 0 Å². The van der Waals surface area contributed by atoms with Gasteiger partial charge in [-0.05, 0) is 55.0 Å². The van der Waals surface area contributed by atoms with Gasteiger partial charge in [-0.3, -0.25) is 0 Å². The molecule has 0 amide bonds. The lowest BCUT2D eigenvalue weighted by molar-refractivity contribution is -0.274. The number of ether oxygens (including phenoxy) is 1. The third-order valence-corrected chi connectivity index (χ3v) is 3.52. The Bertz CT molecular complexity index is 501. The fourth-order valence-corrected chi connectivity index (χ4v) is 2.65. The zero-order valence-electron chi connectivity index (χ0n) is 13.1. The number of aryl methyl sites for hydroxylation is 1. The second-order valence-corrected chi connectivity index (χ2v) is 5.06. The molecule has 0 unspecified atom stereocenters. The van der Waals surface area contributed by atoms with E-state index in [-0.39, 0.29) is 5.75 Å². The first-order chi connectivity index (χ1) is 9.82. The van der Waals surface area contributed by atoms with E-state index in [1.54, 1.807) is 6.07 Å². The molecule has 118 valence electrons. The maximum atomic E-state index is 12.2. The van der Waals surface area contributed by atoms with Gasteiger partial charge in [0.25, 0.3) is 0 Å². The highest BCUT2D eigenvalue weighted by atomic mass is 19.4. The molecule has 1 aromatic rings. The van der Waals surface area contributed by atoms with Crippen LogP contribution in [0.3, 0.4) is 0 Å². The highest BCUT2D eigenvalue weighted by molar-refractivity contribution is 5.71. The molecule has 0 fully saturated rings. The van der Waals surface area contributed by atoms with Crippen molar-refractivity contribution in [1.82, 2.24) is 0 Å². The van der Waals surface area contributed by atoms with E-state index in [0.717, 1.165) is 36.8 Å². The molecule has 0 spiro atoms. The van der Waals surface area contributed by atoms with Gasteiger partial charge in [0.05, 0.1) is 0 Å². The van der Waals surface area contributed by atoms with Crippen molar-refractivity contribution >= 4 is 5.57 Å². The standard InChI is InChI=1S/C17H23F3O/c1-5-8-13(6-2)15(7-3)16-10-9-14(11-12(16)4)21-17(18,19)20/h9-11H,5-8H2,1-4H3/b15-13+. The van der Waals surface area contributed by atoms with E-state index in [2.05, 4.69) is 25.5 Å². The van der Waals surface area contributed by atoms with Crippen LogP contribution < -0.4 is 4.74 Å². The number of rotatable bonds is 6. The smallest absolute Gasteiger partial charge is 0.406 e. The number of hydrogen-bond donors (Lipinski definition) is 0. The molecule has 1 rings (SSSR count). The molecule has 0 aliphatic carbocycles. The molecule has 1 nitrogen and oxygen atoms in total. The van der Waals surface area contributed by atoms with Crippen molar-refractivity contribution in [1.29, 1.82) is 0 Å². The summed E-state index contributed by atoms with van der Waals surface area (Å²) in [5, 5.41) is 0. The highest BCUT2D eigenvalue weighted by Crippen LogP contribution is 2.32. The monoisotopic (exact) mass is 300 g/mol. The van der Waals surface area contributed by atoms with E-state index in [4.69, 9.17) is 0 Å². The molecule has 0 N–H and O–H groups in total. The largest absolute Gasteiger partial charge is 0.573 e. The van der Waals surface area contributed by atoms with Crippen LogP contribution in [0.2, 0.25) is 0 Å². The van der Waals surface area contributed by atoms with Crippen molar-refractivity contribution in [3.05, 3.63) is 34.9 Å². The van der Waals surface area contributed by atoms with Crippen molar-refractivity contribution in [2.45, 2.75) is 59.7 Å². The molecule has 1 aromatic carbocycles. The summed E-state index contributed by atoms with van der Waals surface area (Å²) in [6.45, 7) is 8.17. The van der Waals surface area contributed by atoms with Gasteiger partial charge in [-0.1, -0.05) is 38.8 Å². The van der Waals surface area contributed by atoms with E-state index >= 15 is 0 Å². The van der Waals surface area contributed by atoms with Crippen LogP contribution in [0, 0.1) is 6.92 Å². The van der Waals surface area contributed by atoms with Crippen LogP contribution in [0.5, 0.6) is 5.75 Å². The number of halogens is 3. The van der Waals surface area contributed by atoms with E-state index in [1.807, 2.05) is 6.92 Å². The van der Waals surface area contributed by atoms with Crippen molar-refractivity contribution in [3.63, 3.8) is 0 Å². The first kappa shape index (κ1) is 17.6. The number of allylic oxidation sites excluding steroid dienone is 2. The Morgan fingerprint density at radius 2 is 1.76 bits per heavy atom. The summed E-state index contributed by atoms with van der Waals surface area (Å²) in [6.07, 6.45) is -0.699. The Morgan fingerprint density at radius 1 is 1.10 bits per heavy atom. The molecule has 0 saturated heterocycles. The predicted molar refractivity (Wildman–Crippen MR) is 80.3 cm³/mol. The quantitative estimate of drug-likeness (QED) is 0.602. The molecule has 0 bridgehead atoms. The van der Waals surface area contributed by atoms with Crippen LogP contribution in [0.4, 0.5) is 13.2 Å². The van der Waals surface area contributed by atoms with Crippen molar-refractivity contribution in [2.75, 3.05) is 0 Å². The van der Waals surface area contributed by atoms with Gasteiger partial charge in [0, 0.05) is 0 Å². The Balaban J connectivity index is 3.18. The van der Waals surface area contributed by atoms with E-state index in [9.17, 15) is 13.2 Å². The Kier molecular flexibility index (Phi) is 6.31. The van der Waals surface area contributed by atoms with Crippen LogP contribution in [0.15, 0.2) is 23.8 Å². The summed E-state index contributed by atoms with van der Waals surface area (Å²) in [7, 11) is 0. The fourth-order valence-electron chi connectivity index (χ4n) is 2.65. The normalized spacial score (nSPS) is 13.1. The highest BCUT2D eigenvalue weighted by Gasteiger charge is 2.31. The van der Waals surface area contributed by atoms with E-state index in [1.165, 1.54) is 23.3 Å². The Labute approximate surface area is 124 Å². The maximum Gasteiger partial charge on any atom is 0.573 e. The number of alkyl halides is 3. The van der Waals surface area contributed by atoms with Crippen LogP contribution in [0.1, 0.15) is 57.6 Å². The summed E-state index contributed by atoms with van der Waals surface area (Å²) in [5.41, 5.74) is 4.47. The number of benzene rings is 1. The fraction of sp³-hybridized carbons (Fsp3) is 0.529. The van der Waals surface area contributed by atoms with Gasteiger partial charge in [0.2, 0.25) is 0 Å². The minimum atomic E-state index is -4.64. The zero-order valence-corrected chi connectivity index (χ0v) is 13.1. The third-order valence-electron chi connectivity index (χ3n) is 3.52. The average molecular weight is 300 g/mol. The SMILES string of the molecule is CCC/C(CC)=C(\CC)c1ccc(OC(F)(F)F)cc1C. The summed E-state index contributed by atoms with van der Waals surface area (Å²) >= 11 is 0. The summed E-state index contributed by atoms with van der Waals surface area (Å²) in [6, 6.07) is 4.59. The van der Waals surface area contributed by atoms with E-state index < -0.39 is 6.36 Å². The molecule has 4 heteroatoms. The van der Waals surface area contributed by atoms with Crippen molar-refractivity contribution in [3.8, 4) is 5.75 Å². The van der Waals surface area contributed by atoms with Gasteiger partial charge in [-0.15, -0.1) is 13.2 Å². The second-order valence-electron chi connectivity index (χ2n) is 5.06. The lowest BCUT2D eigenvalue weighted by atomic mass is 9.91. The molecule has 0 atom stereocenters. The van der Waals surface area contributed by atoms with Gasteiger partial charge in [-0.2, -0.15) is 0 Å². The van der Waals surface area contributed by atoms with Gasteiger partial charge < -0.3 is 4.74 Å². The third kappa shape index (κ3) is 5.10. The average Bonchev–Trinajstić information content (AvgIpc) is 2.38. The predicted octanol–water partition coefficient (Wildman–Crippen LogP) is 6.27. The first-order valence-electron chi connectivity index (χ1n) is 7.40. The van der Waals surface area contributed by atoms with Gasteiger partial charge in [-0.25, -0.2) is 0 Å². The minimum Gasteiger partial charge on any atom is -0.406 e. The molecule has 0 aliphatic heterocycles. The molecular weight excluding hydrogens is 277 g/mol. The maximum absolute atomic E-state index is 12.2. The molecule has 21 heavy (non-hydrogen) atoms. The molecule has 0 radical (unpaired) electrons. The first-order valence-corrected chi connectivity index (χ1v) is 7.40. The lowest BCUT2D eigenvalue weighted by Crippen LogP contribution is -2.17. The van der Waals surface area contributed by atoms with Gasteiger partial charge >= 0.3 is 6.36 Å². The van der Waals surface area contributed by atoms with Crippen molar-refractivity contribution in [2.24, 2.45) is 0 Å². The summed E-state index contributed by atoms with van der Waals surface area (Å²) in [5.74, 6) is -0.159. The minimum absolute atomic E-state index is 0.159. The Morgan fingerprint density at radius 3 is 2.19 bits per heavy atom. The molecule has 0 heterocycles. The second kappa shape index (κ2) is 7.53. The molecule has 0 aromatic heterocycles. The van der Waals surface area contributed by atoms with Crippen LogP contribution in [0.25, 0.3) is 5.57 Å². The van der Waals surface area contributed by atoms with Crippen molar-refractivity contribution < 1.29 is 17.9 Å². The summed E-state index contributed by atoms with van der Waals surface area (Å²) < 4.78 is 40.7. The van der Waals surface area contributed by atoms with E-state index in [0.29, 0.717) is 0 Å². The topological polar surface area (TPSA) is 9.23 Å². The van der Waals surface area contributed by atoms with Crippen LogP contribution in [-0.2, 0) is 0 Å².